The molecule has 0 spiro atoms. The van der Waals surface area contributed by atoms with Gasteiger partial charge >= 0.3 is 12.1 Å². The van der Waals surface area contributed by atoms with Crippen LogP contribution in [0.25, 0.3) is 0 Å². The Labute approximate surface area is 161 Å². The fraction of sp³-hybridized carbons (Fsp3) is 0.500. The van der Waals surface area contributed by atoms with Crippen LogP contribution in [0.5, 0.6) is 0 Å². The fourth-order valence-electron chi connectivity index (χ4n) is 1.91. The van der Waals surface area contributed by atoms with Gasteiger partial charge in [0.25, 0.3) is 0 Å². The molecule has 0 aliphatic carbocycles. The molecule has 1 aromatic rings. The van der Waals surface area contributed by atoms with Gasteiger partial charge in [-0.3, -0.25) is 0 Å². The summed E-state index contributed by atoms with van der Waals surface area (Å²) in [7, 11) is -3.87. The lowest BCUT2D eigenvalue weighted by molar-refractivity contribution is 0.0527. The van der Waals surface area contributed by atoms with Crippen molar-refractivity contribution in [3.63, 3.8) is 0 Å². The van der Waals surface area contributed by atoms with E-state index in [9.17, 15) is 23.1 Å². The number of carboxylic acids is 1. The van der Waals surface area contributed by atoms with Crippen LogP contribution in [-0.4, -0.2) is 44.3 Å². The van der Waals surface area contributed by atoms with E-state index in [-0.39, 0.29) is 23.5 Å². The molecule has 10 heteroatoms. The highest BCUT2D eigenvalue weighted by molar-refractivity contribution is 9.10. The minimum absolute atomic E-state index is 0.0754. The van der Waals surface area contributed by atoms with Gasteiger partial charge in [-0.05, 0) is 51.8 Å². The van der Waals surface area contributed by atoms with Crippen molar-refractivity contribution in [2.24, 2.45) is 0 Å². The first-order chi connectivity index (χ1) is 11.8. The van der Waals surface area contributed by atoms with Crippen molar-refractivity contribution in [2.75, 3.05) is 13.1 Å². The molecule has 146 valence electrons. The summed E-state index contributed by atoms with van der Waals surface area (Å²) in [6, 6.07) is 2.47. The van der Waals surface area contributed by atoms with Crippen LogP contribution in [0.4, 0.5) is 4.79 Å². The van der Waals surface area contributed by atoms with Crippen LogP contribution in [0, 0.1) is 6.92 Å². The molecule has 0 aliphatic rings. The normalized spacial score (nSPS) is 11.9. The van der Waals surface area contributed by atoms with Crippen molar-refractivity contribution in [3.8, 4) is 0 Å². The molecule has 0 radical (unpaired) electrons. The summed E-state index contributed by atoms with van der Waals surface area (Å²) in [5.74, 6) is -1.21. The number of rotatable bonds is 7. The van der Waals surface area contributed by atoms with Gasteiger partial charge in [-0.1, -0.05) is 15.9 Å². The predicted molar refractivity (Wildman–Crippen MR) is 99.9 cm³/mol. The van der Waals surface area contributed by atoms with Gasteiger partial charge in [0.05, 0.1) is 10.5 Å². The maximum atomic E-state index is 12.3. The van der Waals surface area contributed by atoms with Gasteiger partial charge in [0, 0.05) is 17.6 Å². The van der Waals surface area contributed by atoms with E-state index in [1.165, 1.54) is 6.07 Å². The maximum Gasteiger partial charge on any atom is 0.407 e. The number of aromatic carboxylic acids is 1. The van der Waals surface area contributed by atoms with Gasteiger partial charge < -0.3 is 15.2 Å². The van der Waals surface area contributed by atoms with Gasteiger partial charge in [-0.25, -0.2) is 22.7 Å². The summed E-state index contributed by atoms with van der Waals surface area (Å²) < 4.78 is 32.5. The third-order valence-electron chi connectivity index (χ3n) is 3.17. The Morgan fingerprint density at radius 2 is 1.85 bits per heavy atom. The van der Waals surface area contributed by atoms with Crippen LogP contribution in [0.15, 0.2) is 21.5 Å². The molecule has 0 heterocycles. The molecule has 1 aromatic carbocycles. The fourth-order valence-corrected chi connectivity index (χ4v) is 3.65. The highest BCUT2D eigenvalue weighted by Crippen LogP contribution is 2.24. The predicted octanol–water partition coefficient (Wildman–Crippen LogP) is 2.65. The monoisotopic (exact) mass is 450 g/mol. The Hall–Kier alpha value is -1.65. The lowest BCUT2D eigenvalue weighted by Crippen LogP contribution is -2.34. The molecule has 0 fully saturated rings. The second kappa shape index (κ2) is 8.83. The summed E-state index contributed by atoms with van der Waals surface area (Å²) >= 11 is 3.17. The van der Waals surface area contributed by atoms with E-state index < -0.39 is 27.7 Å². The molecular formula is C16H23BrN2O6S. The standard InChI is InChI=1S/C16H23BrN2O6S/c1-10-12(14(20)21)8-11(9-13(10)17)26(23,24)19-7-5-6-18-15(22)25-16(2,3)4/h8-9,19H,5-7H2,1-4H3,(H,18,22)(H,20,21). The van der Waals surface area contributed by atoms with Crippen LogP contribution in [-0.2, 0) is 14.8 Å². The molecule has 0 bridgehead atoms. The third kappa shape index (κ3) is 6.93. The van der Waals surface area contributed by atoms with Gasteiger partial charge in [0.15, 0.2) is 0 Å². The molecule has 0 aliphatic heterocycles. The molecule has 0 saturated heterocycles. The molecule has 0 saturated carbocycles. The highest BCUT2D eigenvalue weighted by atomic mass is 79.9. The maximum absolute atomic E-state index is 12.3. The average Bonchev–Trinajstić information content (AvgIpc) is 2.47. The van der Waals surface area contributed by atoms with Gasteiger partial charge in [0.1, 0.15) is 5.60 Å². The Morgan fingerprint density at radius 3 is 2.38 bits per heavy atom. The Bertz CT molecular complexity index is 787. The van der Waals surface area contributed by atoms with E-state index in [1.54, 1.807) is 27.7 Å². The number of benzene rings is 1. The SMILES string of the molecule is Cc1c(Br)cc(S(=O)(=O)NCCCNC(=O)OC(C)(C)C)cc1C(=O)O. The number of alkyl carbamates (subject to hydrolysis) is 1. The number of hydrogen-bond donors (Lipinski definition) is 3. The molecule has 0 unspecified atom stereocenters. The van der Waals surface area contributed by atoms with Crippen LogP contribution in [0.1, 0.15) is 43.1 Å². The van der Waals surface area contributed by atoms with Gasteiger partial charge in [0.2, 0.25) is 10.0 Å². The minimum Gasteiger partial charge on any atom is -0.478 e. The van der Waals surface area contributed by atoms with Crippen LogP contribution >= 0.6 is 15.9 Å². The summed E-state index contributed by atoms with van der Waals surface area (Å²) in [6.45, 7) is 7.12. The molecule has 0 aromatic heterocycles. The van der Waals surface area contributed by atoms with Crippen molar-refractivity contribution >= 4 is 38.0 Å². The topological polar surface area (TPSA) is 122 Å². The van der Waals surface area contributed by atoms with E-state index in [1.807, 2.05) is 0 Å². The number of halogens is 1. The molecule has 8 nitrogen and oxygen atoms in total. The zero-order valence-corrected chi connectivity index (χ0v) is 17.5. The Balaban J connectivity index is 2.63. The number of nitrogens with one attached hydrogen (secondary N) is 2. The molecule has 1 amide bonds. The van der Waals surface area contributed by atoms with E-state index in [4.69, 9.17) is 4.74 Å². The zero-order chi connectivity index (χ0) is 20.1. The number of amides is 1. The molecule has 26 heavy (non-hydrogen) atoms. The molecular weight excluding hydrogens is 428 g/mol. The quantitative estimate of drug-likeness (QED) is 0.548. The highest BCUT2D eigenvalue weighted by Gasteiger charge is 2.20. The minimum atomic E-state index is -3.87. The van der Waals surface area contributed by atoms with E-state index in [0.717, 1.165) is 6.07 Å². The van der Waals surface area contributed by atoms with Gasteiger partial charge in [-0.2, -0.15) is 0 Å². The second-order valence-electron chi connectivity index (χ2n) is 6.56. The van der Waals surface area contributed by atoms with E-state index in [0.29, 0.717) is 16.5 Å². The smallest absolute Gasteiger partial charge is 0.407 e. The largest absolute Gasteiger partial charge is 0.478 e. The summed E-state index contributed by atoms with van der Waals surface area (Å²) in [5, 5.41) is 11.7. The molecule has 1 rings (SSSR count). The first-order valence-corrected chi connectivity index (χ1v) is 10.1. The number of hydrogen-bond acceptors (Lipinski definition) is 5. The number of carboxylic acid groups (broad SMARTS) is 1. The van der Waals surface area contributed by atoms with Crippen molar-refractivity contribution in [2.45, 2.75) is 44.6 Å². The van der Waals surface area contributed by atoms with E-state index >= 15 is 0 Å². The summed E-state index contributed by atoms with van der Waals surface area (Å²) in [5.41, 5.74) is -0.254. The Morgan fingerprint density at radius 1 is 1.23 bits per heavy atom. The zero-order valence-electron chi connectivity index (χ0n) is 15.1. The number of carbonyl (C=O) groups excluding carboxylic acids is 1. The summed E-state index contributed by atoms with van der Waals surface area (Å²) in [4.78, 5) is 22.6. The van der Waals surface area contributed by atoms with Gasteiger partial charge in [-0.15, -0.1) is 0 Å². The third-order valence-corrected chi connectivity index (χ3v) is 5.44. The van der Waals surface area contributed by atoms with Crippen molar-refractivity contribution in [1.29, 1.82) is 0 Å². The second-order valence-corrected chi connectivity index (χ2v) is 9.18. The average molecular weight is 451 g/mol. The molecule has 3 N–H and O–H groups in total. The first kappa shape index (κ1) is 22.4. The van der Waals surface area contributed by atoms with Crippen LogP contribution in [0.2, 0.25) is 0 Å². The number of carbonyl (C=O) groups is 2. The van der Waals surface area contributed by atoms with Crippen molar-refractivity contribution < 1.29 is 27.9 Å². The lowest BCUT2D eigenvalue weighted by Gasteiger charge is -2.19. The van der Waals surface area contributed by atoms with Crippen molar-refractivity contribution in [3.05, 3.63) is 27.7 Å². The lowest BCUT2D eigenvalue weighted by atomic mass is 10.1. The van der Waals surface area contributed by atoms with E-state index in [2.05, 4.69) is 26.0 Å². The number of sulfonamides is 1. The first-order valence-electron chi connectivity index (χ1n) is 7.83. The van der Waals surface area contributed by atoms with Crippen LogP contribution in [0.3, 0.4) is 0 Å². The Kier molecular flexibility index (Phi) is 7.60. The van der Waals surface area contributed by atoms with Crippen LogP contribution < -0.4 is 10.0 Å². The van der Waals surface area contributed by atoms with Crippen molar-refractivity contribution in [1.82, 2.24) is 10.0 Å². The summed E-state index contributed by atoms with van der Waals surface area (Å²) in [6.07, 6.45) is -0.231. The number of ether oxygens (including phenoxy) is 1. The molecule has 0 atom stereocenters.